The standard InChI is InChI=1S/C16H28N2O/c1-4-5-6-7-8-9-13-19-16-15(14(2)17-3)11-10-12-18-16/h10-12,14,17H,4-9,13H2,1-3H3. The Bertz CT molecular complexity index is 341. The van der Waals surface area contributed by atoms with Crippen molar-refractivity contribution in [2.24, 2.45) is 0 Å². The molecule has 1 atom stereocenters. The van der Waals surface area contributed by atoms with E-state index in [1.807, 2.05) is 13.1 Å². The van der Waals surface area contributed by atoms with E-state index in [0.29, 0.717) is 0 Å². The molecule has 0 aliphatic rings. The molecule has 0 aliphatic carbocycles. The smallest absolute Gasteiger partial charge is 0.218 e. The van der Waals surface area contributed by atoms with Crippen LogP contribution in [0, 0.1) is 0 Å². The lowest BCUT2D eigenvalue weighted by Crippen LogP contribution is -2.14. The number of rotatable bonds is 10. The molecule has 0 spiro atoms. The van der Waals surface area contributed by atoms with Gasteiger partial charge in [0.15, 0.2) is 0 Å². The Hall–Kier alpha value is -1.09. The highest BCUT2D eigenvalue weighted by atomic mass is 16.5. The molecule has 1 rings (SSSR count). The van der Waals surface area contributed by atoms with Crippen LogP contribution >= 0.6 is 0 Å². The first-order chi connectivity index (χ1) is 9.29. The highest BCUT2D eigenvalue weighted by Gasteiger charge is 2.10. The Balaban J connectivity index is 2.29. The van der Waals surface area contributed by atoms with Crippen molar-refractivity contribution in [1.82, 2.24) is 10.3 Å². The Labute approximate surface area is 117 Å². The van der Waals surface area contributed by atoms with Gasteiger partial charge in [0, 0.05) is 17.8 Å². The highest BCUT2D eigenvalue weighted by Crippen LogP contribution is 2.22. The maximum absolute atomic E-state index is 5.82. The summed E-state index contributed by atoms with van der Waals surface area (Å²) in [5, 5.41) is 3.23. The van der Waals surface area contributed by atoms with Crippen molar-refractivity contribution in [3.8, 4) is 5.88 Å². The van der Waals surface area contributed by atoms with Crippen molar-refractivity contribution in [1.29, 1.82) is 0 Å². The average molecular weight is 264 g/mol. The number of nitrogens with zero attached hydrogens (tertiary/aromatic N) is 1. The molecule has 0 bridgehead atoms. The number of ether oxygens (including phenoxy) is 1. The summed E-state index contributed by atoms with van der Waals surface area (Å²) < 4.78 is 5.82. The summed E-state index contributed by atoms with van der Waals surface area (Å²) in [6.45, 7) is 5.13. The Morgan fingerprint density at radius 3 is 2.68 bits per heavy atom. The largest absolute Gasteiger partial charge is 0.477 e. The fourth-order valence-corrected chi connectivity index (χ4v) is 2.06. The molecule has 1 aromatic rings. The summed E-state index contributed by atoms with van der Waals surface area (Å²) in [5.41, 5.74) is 1.14. The molecule has 19 heavy (non-hydrogen) atoms. The lowest BCUT2D eigenvalue weighted by molar-refractivity contribution is 0.287. The van der Waals surface area contributed by atoms with Gasteiger partial charge >= 0.3 is 0 Å². The van der Waals surface area contributed by atoms with Gasteiger partial charge in [-0.1, -0.05) is 45.1 Å². The number of pyridine rings is 1. The van der Waals surface area contributed by atoms with Crippen molar-refractivity contribution in [2.75, 3.05) is 13.7 Å². The molecular formula is C16H28N2O. The second-order valence-corrected chi connectivity index (χ2v) is 5.02. The van der Waals surface area contributed by atoms with Crippen molar-refractivity contribution < 1.29 is 4.74 Å². The van der Waals surface area contributed by atoms with E-state index in [-0.39, 0.29) is 6.04 Å². The van der Waals surface area contributed by atoms with Gasteiger partial charge in [-0.2, -0.15) is 0 Å². The van der Waals surface area contributed by atoms with E-state index < -0.39 is 0 Å². The molecule has 108 valence electrons. The summed E-state index contributed by atoms with van der Waals surface area (Å²) in [4.78, 5) is 4.33. The Kier molecular flexibility index (Phi) is 8.23. The number of aromatic nitrogens is 1. The lowest BCUT2D eigenvalue weighted by Gasteiger charge is -2.15. The van der Waals surface area contributed by atoms with Crippen LogP contribution in [-0.4, -0.2) is 18.6 Å². The summed E-state index contributed by atoms with van der Waals surface area (Å²) in [6.07, 6.45) is 9.49. The van der Waals surface area contributed by atoms with Gasteiger partial charge < -0.3 is 10.1 Å². The molecule has 1 aromatic heterocycles. The third-order valence-corrected chi connectivity index (χ3v) is 3.44. The summed E-state index contributed by atoms with van der Waals surface area (Å²) >= 11 is 0. The molecule has 0 aromatic carbocycles. The van der Waals surface area contributed by atoms with E-state index in [0.717, 1.165) is 24.5 Å². The van der Waals surface area contributed by atoms with E-state index in [2.05, 4.69) is 30.2 Å². The van der Waals surface area contributed by atoms with E-state index >= 15 is 0 Å². The molecule has 1 heterocycles. The molecule has 3 nitrogen and oxygen atoms in total. The van der Waals surface area contributed by atoms with E-state index in [4.69, 9.17) is 4.74 Å². The summed E-state index contributed by atoms with van der Waals surface area (Å²) in [7, 11) is 1.95. The molecular weight excluding hydrogens is 236 g/mol. The topological polar surface area (TPSA) is 34.1 Å². The van der Waals surface area contributed by atoms with E-state index in [1.54, 1.807) is 6.20 Å². The second kappa shape index (κ2) is 9.79. The highest BCUT2D eigenvalue weighted by molar-refractivity contribution is 5.28. The fraction of sp³-hybridized carbons (Fsp3) is 0.688. The zero-order chi connectivity index (χ0) is 13.9. The first-order valence-electron chi connectivity index (χ1n) is 7.54. The Morgan fingerprint density at radius 1 is 1.21 bits per heavy atom. The second-order valence-electron chi connectivity index (χ2n) is 5.02. The maximum Gasteiger partial charge on any atom is 0.218 e. The minimum Gasteiger partial charge on any atom is -0.477 e. The van der Waals surface area contributed by atoms with Crippen LogP contribution in [0.3, 0.4) is 0 Å². The predicted molar refractivity (Wildman–Crippen MR) is 80.6 cm³/mol. The lowest BCUT2D eigenvalue weighted by atomic mass is 10.1. The number of hydrogen-bond acceptors (Lipinski definition) is 3. The SMILES string of the molecule is CCCCCCCCOc1ncccc1C(C)NC. The van der Waals surface area contributed by atoms with Gasteiger partial charge in [-0.3, -0.25) is 0 Å². The summed E-state index contributed by atoms with van der Waals surface area (Å²) in [6, 6.07) is 4.30. The van der Waals surface area contributed by atoms with Crippen LogP contribution in [0.15, 0.2) is 18.3 Å². The maximum atomic E-state index is 5.82. The molecule has 0 amide bonds. The number of hydrogen-bond donors (Lipinski definition) is 1. The van der Waals surface area contributed by atoms with Crippen molar-refractivity contribution in [3.63, 3.8) is 0 Å². The van der Waals surface area contributed by atoms with Gasteiger partial charge in [-0.15, -0.1) is 0 Å². The van der Waals surface area contributed by atoms with Crippen molar-refractivity contribution in [3.05, 3.63) is 23.9 Å². The molecule has 1 N–H and O–H groups in total. The van der Waals surface area contributed by atoms with Crippen LogP contribution in [-0.2, 0) is 0 Å². The molecule has 0 fully saturated rings. The van der Waals surface area contributed by atoms with Gasteiger partial charge in [0.25, 0.3) is 0 Å². The third kappa shape index (κ3) is 6.06. The van der Waals surface area contributed by atoms with Gasteiger partial charge in [-0.25, -0.2) is 4.98 Å². The quantitative estimate of drug-likeness (QED) is 0.646. The van der Waals surface area contributed by atoms with Crippen molar-refractivity contribution >= 4 is 0 Å². The van der Waals surface area contributed by atoms with Crippen LogP contribution in [0.4, 0.5) is 0 Å². The van der Waals surface area contributed by atoms with Crippen LogP contribution in [0.2, 0.25) is 0 Å². The third-order valence-electron chi connectivity index (χ3n) is 3.44. The van der Waals surface area contributed by atoms with Crippen LogP contribution in [0.25, 0.3) is 0 Å². The van der Waals surface area contributed by atoms with Crippen LogP contribution < -0.4 is 10.1 Å². The van der Waals surface area contributed by atoms with Gasteiger partial charge in [0.1, 0.15) is 0 Å². The van der Waals surface area contributed by atoms with Gasteiger partial charge in [-0.05, 0) is 26.5 Å². The van der Waals surface area contributed by atoms with Gasteiger partial charge in [0.2, 0.25) is 5.88 Å². The molecule has 0 aliphatic heterocycles. The monoisotopic (exact) mass is 264 g/mol. The average Bonchev–Trinajstić information content (AvgIpc) is 2.46. The molecule has 0 radical (unpaired) electrons. The van der Waals surface area contributed by atoms with E-state index in [9.17, 15) is 0 Å². The predicted octanol–water partition coefficient (Wildman–Crippen LogP) is 4.10. The van der Waals surface area contributed by atoms with Crippen molar-refractivity contribution in [2.45, 2.75) is 58.4 Å². The van der Waals surface area contributed by atoms with Crippen LogP contribution in [0.1, 0.15) is 64.0 Å². The van der Waals surface area contributed by atoms with E-state index in [1.165, 1.54) is 32.1 Å². The fourth-order valence-electron chi connectivity index (χ4n) is 2.06. The number of nitrogens with one attached hydrogen (secondary N) is 1. The number of unbranched alkanes of at least 4 members (excludes halogenated alkanes) is 5. The zero-order valence-electron chi connectivity index (χ0n) is 12.6. The van der Waals surface area contributed by atoms with Crippen LogP contribution in [0.5, 0.6) is 5.88 Å². The van der Waals surface area contributed by atoms with Gasteiger partial charge in [0.05, 0.1) is 6.61 Å². The normalized spacial score (nSPS) is 12.4. The zero-order valence-corrected chi connectivity index (χ0v) is 12.6. The minimum absolute atomic E-state index is 0.272. The minimum atomic E-state index is 0.272. The molecule has 3 heteroatoms. The molecule has 0 saturated carbocycles. The summed E-state index contributed by atoms with van der Waals surface area (Å²) in [5.74, 6) is 0.776. The first kappa shape index (κ1) is 16.0. The molecule has 0 saturated heterocycles. The Morgan fingerprint density at radius 2 is 1.95 bits per heavy atom. The molecule has 1 unspecified atom stereocenters. The first-order valence-corrected chi connectivity index (χ1v) is 7.54.